The Morgan fingerprint density at radius 1 is 1.33 bits per heavy atom. The van der Waals surface area contributed by atoms with E-state index in [0.29, 0.717) is 4.90 Å². The van der Waals surface area contributed by atoms with Crippen LogP contribution in [0.5, 0.6) is 0 Å². The number of nitrogens with zero attached hydrogens (tertiary/aromatic N) is 2. The van der Waals surface area contributed by atoms with E-state index in [1.165, 1.54) is 17.8 Å². The average Bonchev–Trinajstić information content (AvgIpc) is 2.48. The third-order valence-electron chi connectivity index (χ3n) is 3.85. The zero-order valence-corrected chi connectivity index (χ0v) is 14.8. The summed E-state index contributed by atoms with van der Waals surface area (Å²) >= 11 is 1.39. The largest absolute Gasteiger partial charge is 0.423 e. The summed E-state index contributed by atoms with van der Waals surface area (Å²) in [7, 11) is 0. The van der Waals surface area contributed by atoms with Crippen molar-refractivity contribution in [2.75, 3.05) is 19.6 Å². The van der Waals surface area contributed by atoms with Crippen molar-refractivity contribution in [1.82, 2.24) is 4.90 Å². The van der Waals surface area contributed by atoms with Crippen molar-refractivity contribution < 1.29 is 18.1 Å². The van der Waals surface area contributed by atoms with Gasteiger partial charge in [0.05, 0.1) is 4.92 Å². The predicted molar refractivity (Wildman–Crippen MR) is 91.0 cm³/mol. The van der Waals surface area contributed by atoms with E-state index in [-0.39, 0.29) is 17.7 Å². The molecule has 1 aromatic carbocycles. The number of piperidine rings is 1. The van der Waals surface area contributed by atoms with E-state index < -0.39 is 22.4 Å². The van der Waals surface area contributed by atoms with Crippen molar-refractivity contribution in [3.05, 3.63) is 33.9 Å². The van der Waals surface area contributed by atoms with Crippen LogP contribution < -0.4 is 0 Å². The van der Waals surface area contributed by atoms with Gasteiger partial charge in [0.1, 0.15) is 5.56 Å². The lowest BCUT2D eigenvalue weighted by molar-refractivity contribution is -0.388. The summed E-state index contributed by atoms with van der Waals surface area (Å²) in [6.45, 7) is 5.07. The number of hydrogen-bond donors (Lipinski definition) is 0. The second kappa shape index (κ2) is 8.92. The molecule has 0 aliphatic carbocycles. The molecule has 1 aromatic rings. The number of likely N-dealkylation sites (tertiary alicyclic amines) is 1. The Bertz CT molecular complexity index is 564. The highest BCUT2D eigenvalue weighted by Crippen LogP contribution is 2.40. The number of alkyl halides is 3. The first-order valence-corrected chi connectivity index (χ1v) is 8.44. The van der Waals surface area contributed by atoms with E-state index in [0.717, 1.165) is 51.0 Å². The lowest BCUT2D eigenvalue weighted by Crippen LogP contribution is -2.35. The van der Waals surface area contributed by atoms with Crippen molar-refractivity contribution in [2.24, 2.45) is 0 Å². The number of hydrogen-bond acceptors (Lipinski definition) is 4. The Labute approximate surface area is 149 Å². The van der Waals surface area contributed by atoms with Crippen LogP contribution >= 0.6 is 24.2 Å². The first-order valence-electron chi connectivity index (χ1n) is 7.56. The van der Waals surface area contributed by atoms with Gasteiger partial charge >= 0.3 is 6.18 Å². The third-order valence-corrected chi connectivity index (χ3v) is 5.18. The molecule has 0 spiro atoms. The fourth-order valence-corrected chi connectivity index (χ4v) is 3.90. The molecule has 0 N–H and O–H groups in total. The van der Waals surface area contributed by atoms with Gasteiger partial charge in [-0.1, -0.05) is 6.92 Å². The van der Waals surface area contributed by atoms with Crippen LogP contribution in [-0.2, 0) is 6.18 Å². The van der Waals surface area contributed by atoms with Gasteiger partial charge in [0, 0.05) is 16.2 Å². The minimum Gasteiger partial charge on any atom is -0.303 e. The maximum atomic E-state index is 13.0. The van der Waals surface area contributed by atoms with Crippen molar-refractivity contribution in [3.8, 4) is 0 Å². The third kappa shape index (κ3) is 5.53. The van der Waals surface area contributed by atoms with E-state index in [1.807, 2.05) is 0 Å². The lowest BCUT2D eigenvalue weighted by atomic mass is 10.1. The number of halogens is 4. The first-order chi connectivity index (χ1) is 10.8. The molecule has 0 atom stereocenters. The summed E-state index contributed by atoms with van der Waals surface area (Å²) in [5, 5.41) is 11.0. The summed E-state index contributed by atoms with van der Waals surface area (Å²) in [5.74, 6) is 0. The zero-order chi connectivity index (χ0) is 17.0. The van der Waals surface area contributed by atoms with Gasteiger partial charge in [-0.15, -0.1) is 24.2 Å². The molecule has 136 valence electrons. The number of rotatable bonds is 5. The molecule has 0 amide bonds. The molecular formula is C15H20ClF3N2O2S. The molecule has 1 aliphatic heterocycles. The highest BCUT2D eigenvalue weighted by atomic mass is 35.5. The monoisotopic (exact) mass is 384 g/mol. The average molecular weight is 385 g/mol. The Hall–Kier alpha value is -0.990. The van der Waals surface area contributed by atoms with Crippen LogP contribution in [0.3, 0.4) is 0 Å². The topological polar surface area (TPSA) is 46.4 Å². The van der Waals surface area contributed by atoms with Crippen LogP contribution in [0.4, 0.5) is 18.9 Å². The maximum absolute atomic E-state index is 13.0. The molecular weight excluding hydrogens is 365 g/mol. The highest BCUT2D eigenvalue weighted by Gasteiger charge is 2.38. The quantitative estimate of drug-likeness (QED) is 0.529. The summed E-state index contributed by atoms with van der Waals surface area (Å²) in [4.78, 5) is 12.6. The first kappa shape index (κ1) is 21.1. The lowest BCUT2D eigenvalue weighted by Gasteiger charge is -2.31. The fourth-order valence-electron chi connectivity index (χ4n) is 2.73. The van der Waals surface area contributed by atoms with Crippen LogP contribution in [0.2, 0.25) is 0 Å². The van der Waals surface area contributed by atoms with E-state index in [4.69, 9.17) is 0 Å². The summed E-state index contributed by atoms with van der Waals surface area (Å²) < 4.78 is 38.9. The number of benzene rings is 1. The standard InChI is InChI=1S/C15H19F3N2O2S.ClH/c1-2-7-19-8-5-11(6-9-19)23-12-3-4-14(20(21)22)13(10-12)15(16,17)18;/h3-4,10-11H,2,5-9H2,1H3;1H. The van der Waals surface area contributed by atoms with Crippen LogP contribution in [0.1, 0.15) is 31.7 Å². The predicted octanol–water partition coefficient (Wildman–Crippen LogP) is 5.00. The molecule has 0 unspecified atom stereocenters. The van der Waals surface area contributed by atoms with Gasteiger partial charge in [0.2, 0.25) is 0 Å². The fraction of sp³-hybridized carbons (Fsp3) is 0.600. The van der Waals surface area contributed by atoms with Gasteiger partial charge in [-0.05, 0) is 51.0 Å². The molecule has 0 bridgehead atoms. The van der Waals surface area contributed by atoms with Crippen molar-refractivity contribution in [3.63, 3.8) is 0 Å². The van der Waals surface area contributed by atoms with Gasteiger partial charge in [0.25, 0.3) is 5.69 Å². The van der Waals surface area contributed by atoms with E-state index >= 15 is 0 Å². The Morgan fingerprint density at radius 2 is 1.96 bits per heavy atom. The van der Waals surface area contributed by atoms with Crippen LogP contribution in [-0.4, -0.2) is 34.7 Å². The highest BCUT2D eigenvalue weighted by molar-refractivity contribution is 8.00. The Morgan fingerprint density at radius 3 is 2.46 bits per heavy atom. The maximum Gasteiger partial charge on any atom is 0.423 e. The number of nitro benzene ring substituents is 1. The number of nitro groups is 1. The van der Waals surface area contributed by atoms with Gasteiger partial charge in [-0.2, -0.15) is 13.2 Å². The molecule has 1 saturated heterocycles. The molecule has 1 fully saturated rings. The summed E-state index contributed by atoms with van der Waals surface area (Å²) in [5.41, 5.74) is -2.06. The van der Waals surface area contributed by atoms with Crippen LogP contribution in [0.15, 0.2) is 23.1 Å². The van der Waals surface area contributed by atoms with Crippen molar-refractivity contribution in [1.29, 1.82) is 0 Å². The number of thioether (sulfide) groups is 1. The smallest absolute Gasteiger partial charge is 0.303 e. The minimum atomic E-state index is -4.72. The summed E-state index contributed by atoms with van der Waals surface area (Å²) in [6, 6.07) is 3.27. The van der Waals surface area contributed by atoms with E-state index in [9.17, 15) is 23.3 Å². The van der Waals surface area contributed by atoms with Crippen LogP contribution in [0, 0.1) is 10.1 Å². The molecule has 0 aromatic heterocycles. The second-order valence-corrected chi connectivity index (χ2v) is 6.97. The molecule has 0 saturated carbocycles. The van der Waals surface area contributed by atoms with E-state index in [1.54, 1.807) is 0 Å². The minimum absolute atomic E-state index is 0. The Balaban J connectivity index is 0.00000288. The zero-order valence-electron chi connectivity index (χ0n) is 13.2. The normalized spacial score (nSPS) is 16.7. The van der Waals surface area contributed by atoms with Gasteiger partial charge < -0.3 is 4.90 Å². The molecule has 1 heterocycles. The second-order valence-electron chi connectivity index (χ2n) is 5.59. The van der Waals surface area contributed by atoms with Crippen LogP contribution in [0.25, 0.3) is 0 Å². The van der Waals surface area contributed by atoms with Crippen molar-refractivity contribution >= 4 is 29.9 Å². The van der Waals surface area contributed by atoms with E-state index in [2.05, 4.69) is 11.8 Å². The molecule has 9 heteroatoms. The van der Waals surface area contributed by atoms with Gasteiger partial charge in [-0.3, -0.25) is 10.1 Å². The molecule has 1 aliphatic rings. The SMILES string of the molecule is CCCN1CCC(Sc2ccc([N+](=O)[O-])c(C(F)(F)F)c2)CC1.Cl. The molecule has 24 heavy (non-hydrogen) atoms. The van der Waals surface area contributed by atoms with Gasteiger partial charge in [-0.25, -0.2) is 0 Å². The van der Waals surface area contributed by atoms with Crippen molar-refractivity contribution in [2.45, 2.75) is 42.5 Å². The molecule has 2 rings (SSSR count). The Kier molecular flexibility index (Phi) is 7.82. The summed E-state index contributed by atoms with van der Waals surface area (Å²) in [6.07, 6.45) is -1.79. The molecule has 4 nitrogen and oxygen atoms in total. The van der Waals surface area contributed by atoms with Gasteiger partial charge in [0.15, 0.2) is 0 Å². The molecule has 0 radical (unpaired) electrons.